The zero-order valence-corrected chi connectivity index (χ0v) is 15.2. The predicted molar refractivity (Wildman–Crippen MR) is 100 cm³/mol. The number of ether oxygens (including phenoxy) is 1. The number of hydrogen-bond donors (Lipinski definition) is 1. The predicted octanol–water partition coefficient (Wildman–Crippen LogP) is 2.97. The third-order valence-corrected chi connectivity index (χ3v) is 7.21. The Hall–Kier alpha value is -2.19. The molecule has 0 spiro atoms. The van der Waals surface area contributed by atoms with Crippen molar-refractivity contribution in [3.05, 3.63) is 36.7 Å². The van der Waals surface area contributed by atoms with Gasteiger partial charge in [0, 0.05) is 10.9 Å². The largest absolute Gasteiger partial charge is 0.497 e. The van der Waals surface area contributed by atoms with Gasteiger partial charge in [0.05, 0.1) is 28.8 Å². The van der Waals surface area contributed by atoms with Crippen LogP contribution in [-0.4, -0.2) is 43.0 Å². The number of thiophene rings is 1. The summed E-state index contributed by atoms with van der Waals surface area (Å²) in [6.07, 6.45) is 2.13. The lowest BCUT2D eigenvalue weighted by atomic mass is 10.2. The Balaban J connectivity index is 1.66. The topological polar surface area (TPSA) is 81.2 Å². The van der Waals surface area contributed by atoms with Gasteiger partial charge in [-0.2, -0.15) is 0 Å². The van der Waals surface area contributed by atoms with Crippen LogP contribution in [0.15, 0.2) is 36.7 Å². The van der Waals surface area contributed by atoms with Crippen LogP contribution in [0.5, 0.6) is 5.75 Å². The van der Waals surface area contributed by atoms with E-state index in [1.165, 1.54) is 6.33 Å². The van der Waals surface area contributed by atoms with Crippen molar-refractivity contribution in [2.45, 2.75) is 12.5 Å². The summed E-state index contributed by atoms with van der Waals surface area (Å²) in [7, 11) is -1.28. The maximum atomic E-state index is 11.7. The van der Waals surface area contributed by atoms with Crippen LogP contribution >= 0.6 is 11.3 Å². The molecule has 0 amide bonds. The highest BCUT2D eigenvalue weighted by molar-refractivity contribution is 7.91. The van der Waals surface area contributed by atoms with Crippen molar-refractivity contribution >= 4 is 37.2 Å². The van der Waals surface area contributed by atoms with Gasteiger partial charge in [0.2, 0.25) is 0 Å². The van der Waals surface area contributed by atoms with Crippen LogP contribution in [0.2, 0.25) is 0 Å². The van der Waals surface area contributed by atoms with E-state index in [1.54, 1.807) is 18.4 Å². The molecule has 1 aromatic carbocycles. The molecule has 25 heavy (non-hydrogen) atoms. The van der Waals surface area contributed by atoms with E-state index in [-0.39, 0.29) is 17.5 Å². The Labute approximate surface area is 149 Å². The van der Waals surface area contributed by atoms with Crippen LogP contribution in [0, 0.1) is 0 Å². The quantitative estimate of drug-likeness (QED) is 0.755. The Bertz CT molecular complexity index is 1010. The molecule has 1 fully saturated rings. The molecular formula is C17H17N3O3S2. The average molecular weight is 375 g/mol. The van der Waals surface area contributed by atoms with Gasteiger partial charge in [-0.05, 0) is 42.3 Å². The number of anilines is 1. The van der Waals surface area contributed by atoms with Crippen molar-refractivity contribution in [2.75, 3.05) is 23.9 Å². The normalized spacial score (nSPS) is 19.2. The van der Waals surface area contributed by atoms with Gasteiger partial charge in [-0.1, -0.05) is 0 Å². The minimum Gasteiger partial charge on any atom is -0.497 e. The van der Waals surface area contributed by atoms with Crippen molar-refractivity contribution in [1.82, 2.24) is 9.97 Å². The summed E-state index contributed by atoms with van der Waals surface area (Å²) in [6.45, 7) is 0. The zero-order chi connectivity index (χ0) is 17.4. The number of sulfone groups is 1. The molecule has 1 atom stereocenters. The molecule has 1 unspecified atom stereocenters. The van der Waals surface area contributed by atoms with Crippen LogP contribution in [-0.2, 0) is 9.84 Å². The van der Waals surface area contributed by atoms with Gasteiger partial charge in [-0.25, -0.2) is 18.4 Å². The highest BCUT2D eigenvalue weighted by Gasteiger charge is 2.28. The Kier molecular flexibility index (Phi) is 4.09. The second-order valence-corrected chi connectivity index (χ2v) is 9.30. The lowest BCUT2D eigenvalue weighted by Crippen LogP contribution is -2.21. The first-order chi connectivity index (χ1) is 12.0. The minimum absolute atomic E-state index is 0.0883. The molecule has 1 saturated heterocycles. The van der Waals surface area contributed by atoms with E-state index in [1.807, 2.05) is 30.3 Å². The van der Waals surface area contributed by atoms with E-state index >= 15 is 0 Å². The fraction of sp³-hybridized carbons (Fsp3) is 0.294. The van der Waals surface area contributed by atoms with Gasteiger partial charge < -0.3 is 10.1 Å². The van der Waals surface area contributed by atoms with Crippen LogP contribution in [0.1, 0.15) is 6.42 Å². The maximum absolute atomic E-state index is 11.7. The second-order valence-electron chi connectivity index (χ2n) is 6.02. The number of methoxy groups -OCH3 is 1. The molecule has 8 heteroatoms. The maximum Gasteiger partial charge on any atom is 0.152 e. The fourth-order valence-corrected chi connectivity index (χ4v) is 5.70. The van der Waals surface area contributed by atoms with Crippen molar-refractivity contribution in [2.24, 2.45) is 0 Å². The van der Waals surface area contributed by atoms with Crippen molar-refractivity contribution < 1.29 is 13.2 Å². The van der Waals surface area contributed by atoms with E-state index in [0.717, 1.165) is 26.4 Å². The smallest absolute Gasteiger partial charge is 0.152 e. The summed E-state index contributed by atoms with van der Waals surface area (Å²) in [5.41, 5.74) is 1.94. The third kappa shape index (κ3) is 3.32. The number of nitrogens with zero attached hydrogens (tertiary/aromatic N) is 2. The average Bonchev–Trinajstić information content (AvgIpc) is 3.19. The summed E-state index contributed by atoms with van der Waals surface area (Å²) in [5, 5.41) is 3.28. The Morgan fingerprint density at radius 2 is 2.04 bits per heavy atom. The van der Waals surface area contributed by atoms with Crippen molar-refractivity contribution in [3.8, 4) is 16.2 Å². The van der Waals surface area contributed by atoms with E-state index < -0.39 is 9.84 Å². The standard InChI is InChI=1S/C17H17N3O3S2/c1-23-13-4-2-11(3-5-13)15-8-14-16(24-15)17(19-10-18-14)20-12-6-7-25(21,22)9-12/h2-5,8,10,12H,6-7,9H2,1H3,(H,18,19,20). The molecule has 1 N–H and O–H groups in total. The fourth-order valence-electron chi connectivity index (χ4n) is 2.96. The van der Waals surface area contributed by atoms with Gasteiger partial charge in [0.15, 0.2) is 9.84 Å². The lowest BCUT2D eigenvalue weighted by Gasteiger charge is -2.11. The number of rotatable bonds is 4. The SMILES string of the molecule is COc1ccc(-c2cc3ncnc(NC4CCS(=O)(=O)C4)c3s2)cc1. The molecule has 4 rings (SSSR count). The van der Waals surface area contributed by atoms with Gasteiger partial charge in [0.25, 0.3) is 0 Å². The number of nitrogens with one attached hydrogen (secondary N) is 1. The van der Waals surface area contributed by atoms with Crippen LogP contribution in [0.3, 0.4) is 0 Å². The summed E-state index contributed by atoms with van der Waals surface area (Å²) in [5.74, 6) is 1.92. The van der Waals surface area contributed by atoms with Gasteiger partial charge in [-0.3, -0.25) is 0 Å². The number of benzene rings is 1. The molecule has 2 aromatic heterocycles. The summed E-state index contributed by atoms with van der Waals surface area (Å²) in [6, 6.07) is 9.80. The second kappa shape index (κ2) is 6.27. The number of hydrogen-bond acceptors (Lipinski definition) is 7. The molecule has 1 aliphatic rings. The highest BCUT2D eigenvalue weighted by atomic mass is 32.2. The first kappa shape index (κ1) is 16.3. The molecular weight excluding hydrogens is 358 g/mol. The molecule has 6 nitrogen and oxygen atoms in total. The van der Waals surface area contributed by atoms with Gasteiger partial charge >= 0.3 is 0 Å². The third-order valence-electron chi connectivity index (χ3n) is 4.26. The van der Waals surface area contributed by atoms with Gasteiger partial charge in [0.1, 0.15) is 17.9 Å². The highest BCUT2D eigenvalue weighted by Crippen LogP contribution is 2.36. The van der Waals surface area contributed by atoms with E-state index in [9.17, 15) is 8.42 Å². The lowest BCUT2D eigenvalue weighted by molar-refractivity contribution is 0.415. The van der Waals surface area contributed by atoms with Crippen molar-refractivity contribution in [1.29, 1.82) is 0 Å². The number of aromatic nitrogens is 2. The zero-order valence-electron chi connectivity index (χ0n) is 13.6. The molecule has 0 bridgehead atoms. The summed E-state index contributed by atoms with van der Waals surface area (Å²) >= 11 is 1.60. The molecule has 130 valence electrons. The molecule has 0 aliphatic carbocycles. The first-order valence-electron chi connectivity index (χ1n) is 7.90. The summed E-state index contributed by atoms with van der Waals surface area (Å²) in [4.78, 5) is 9.75. The van der Waals surface area contributed by atoms with Crippen LogP contribution in [0.25, 0.3) is 20.7 Å². The number of fused-ring (bicyclic) bond motifs is 1. The summed E-state index contributed by atoms with van der Waals surface area (Å²) < 4.78 is 29.5. The first-order valence-corrected chi connectivity index (χ1v) is 10.5. The molecule has 3 aromatic rings. The molecule has 3 heterocycles. The molecule has 0 saturated carbocycles. The van der Waals surface area contributed by atoms with Crippen LogP contribution < -0.4 is 10.1 Å². The van der Waals surface area contributed by atoms with E-state index in [2.05, 4.69) is 15.3 Å². The Morgan fingerprint density at radius 3 is 2.72 bits per heavy atom. The van der Waals surface area contributed by atoms with Crippen molar-refractivity contribution in [3.63, 3.8) is 0 Å². The Morgan fingerprint density at radius 1 is 1.24 bits per heavy atom. The van der Waals surface area contributed by atoms with Crippen LogP contribution in [0.4, 0.5) is 5.82 Å². The molecule has 1 aliphatic heterocycles. The van der Waals surface area contributed by atoms with Gasteiger partial charge in [-0.15, -0.1) is 11.3 Å². The molecule has 0 radical (unpaired) electrons. The van der Waals surface area contributed by atoms with E-state index in [4.69, 9.17) is 4.74 Å². The monoisotopic (exact) mass is 375 g/mol. The minimum atomic E-state index is -2.93. The van der Waals surface area contributed by atoms with E-state index in [0.29, 0.717) is 12.2 Å².